The average Bonchev–Trinajstić information content (AvgIpc) is 2.96. The first kappa shape index (κ1) is 33.1. The van der Waals surface area contributed by atoms with Crippen LogP contribution in [-0.4, -0.2) is 51.4 Å². The molecule has 0 fully saturated rings. The molecule has 0 aliphatic heterocycles. The summed E-state index contributed by atoms with van der Waals surface area (Å²) < 4.78 is 35.0. The van der Waals surface area contributed by atoms with E-state index >= 15 is 0 Å². The molecule has 0 bridgehead atoms. The zero-order valence-electron chi connectivity index (χ0n) is 25.1. The molecular weight excluding hydrogens is 618 g/mol. The number of methoxy groups -OCH3 is 1. The second-order valence-electron chi connectivity index (χ2n) is 10.7. The van der Waals surface area contributed by atoms with Crippen molar-refractivity contribution < 1.29 is 22.7 Å². The van der Waals surface area contributed by atoms with Crippen LogP contribution in [0.2, 0.25) is 0 Å². The third-order valence-corrected chi connectivity index (χ3v) is 9.25. The van der Waals surface area contributed by atoms with E-state index < -0.39 is 28.5 Å². The van der Waals surface area contributed by atoms with Crippen molar-refractivity contribution in [3.05, 3.63) is 87.9 Å². The first-order chi connectivity index (χ1) is 19.9. The van der Waals surface area contributed by atoms with E-state index in [0.29, 0.717) is 28.9 Å². The van der Waals surface area contributed by atoms with Crippen molar-refractivity contribution in [2.45, 2.75) is 58.5 Å². The Bertz CT molecular complexity index is 1470. The molecule has 10 heteroatoms. The van der Waals surface area contributed by atoms with Crippen molar-refractivity contribution in [1.29, 1.82) is 0 Å². The maximum atomic E-state index is 14.2. The summed E-state index contributed by atoms with van der Waals surface area (Å²) in [6, 6.07) is 18.3. The predicted octanol–water partition coefficient (Wildman–Crippen LogP) is 5.85. The van der Waals surface area contributed by atoms with Gasteiger partial charge >= 0.3 is 0 Å². The number of nitrogens with zero attached hydrogens (tertiary/aromatic N) is 2. The van der Waals surface area contributed by atoms with Crippen molar-refractivity contribution in [1.82, 2.24) is 10.2 Å². The van der Waals surface area contributed by atoms with Gasteiger partial charge in [-0.15, -0.1) is 0 Å². The van der Waals surface area contributed by atoms with Gasteiger partial charge in [0.15, 0.2) is 0 Å². The number of hydrogen-bond acceptors (Lipinski definition) is 5. The van der Waals surface area contributed by atoms with Crippen molar-refractivity contribution in [3.8, 4) is 5.75 Å². The fourth-order valence-electron chi connectivity index (χ4n) is 4.41. The molecule has 42 heavy (non-hydrogen) atoms. The molecule has 3 aromatic carbocycles. The summed E-state index contributed by atoms with van der Waals surface area (Å²) in [6.45, 7) is 9.85. The Labute approximate surface area is 258 Å². The largest absolute Gasteiger partial charge is 0.496 e. The molecule has 1 N–H and O–H groups in total. The number of ether oxygens (including phenoxy) is 1. The van der Waals surface area contributed by atoms with Gasteiger partial charge in [0, 0.05) is 13.1 Å². The molecule has 2 amide bonds. The zero-order valence-corrected chi connectivity index (χ0v) is 27.5. The quantitative estimate of drug-likeness (QED) is 0.249. The normalized spacial score (nSPS) is 12.1. The Balaban J connectivity index is 2.06. The highest BCUT2D eigenvalue weighted by molar-refractivity contribution is 9.10. The Morgan fingerprint density at radius 2 is 1.55 bits per heavy atom. The Hall–Kier alpha value is -3.37. The van der Waals surface area contributed by atoms with Crippen molar-refractivity contribution in [2.24, 2.45) is 5.92 Å². The van der Waals surface area contributed by atoms with E-state index in [2.05, 4.69) is 21.2 Å². The zero-order chi connectivity index (χ0) is 31.0. The number of sulfonamides is 1. The molecule has 3 aromatic rings. The van der Waals surface area contributed by atoms with Crippen LogP contribution >= 0.6 is 15.9 Å². The summed E-state index contributed by atoms with van der Waals surface area (Å²) in [4.78, 5) is 29.0. The number of amides is 2. The van der Waals surface area contributed by atoms with Crippen LogP contribution in [0, 0.1) is 19.8 Å². The Morgan fingerprint density at radius 1 is 0.952 bits per heavy atom. The lowest BCUT2D eigenvalue weighted by atomic mass is 10.1. The molecule has 0 unspecified atom stereocenters. The second kappa shape index (κ2) is 14.7. The lowest BCUT2D eigenvalue weighted by Gasteiger charge is -2.33. The fourth-order valence-corrected chi connectivity index (χ4v) is 6.54. The van der Waals surface area contributed by atoms with Crippen molar-refractivity contribution >= 4 is 43.5 Å². The van der Waals surface area contributed by atoms with Crippen molar-refractivity contribution in [2.75, 3.05) is 24.5 Å². The molecule has 1 atom stereocenters. The minimum Gasteiger partial charge on any atom is -0.496 e. The van der Waals surface area contributed by atoms with Crippen LogP contribution in [-0.2, 0) is 26.2 Å². The van der Waals surface area contributed by atoms with Gasteiger partial charge in [0.05, 0.1) is 22.2 Å². The van der Waals surface area contributed by atoms with Crippen molar-refractivity contribution in [3.63, 3.8) is 0 Å². The van der Waals surface area contributed by atoms with Crippen LogP contribution in [0.5, 0.6) is 5.75 Å². The molecule has 8 nitrogen and oxygen atoms in total. The van der Waals surface area contributed by atoms with E-state index in [-0.39, 0.29) is 23.3 Å². The molecule has 226 valence electrons. The minimum atomic E-state index is -4.20. The van der Waals surface area contributed by atoms with Gasteiger partial charge in [-0.05, 0) is 78.0 Å². The highest BCUT2D eigenvalue weighted by atomic mass is 79.9. The number of nitrogens with one attached hydrogen (secondary N) is 1. The van der Waals surface area contributed by atoms with E-state index in [1.165, 1.54) is 24.1 Å². The van der Waals surface area contributed by atoms with E-state index in [4.69, 9.17) is 4.74 Å². The summed E-state index contributed by atoms with van der Waals surface area (Å²) >= 11 is 3.37. The number of carbonyl (C=O) groups is 2. The van der Waals surface area contributed by atoms with Crippen LogP contribution in [0.4, 0.5) is 5.69 Å². The third kappa shape index (κ3) is 8.35. The summed E-state index contributed by atoms with van der Waals surface area (Å²) in [7, 11) is -2.70. The highest BCUT2D eigenvalue weighted by Crippen LogP contribution is 2.31. The number of aryl methyl sites for hydroxylation is 2. The van der Waals surface area contributed by atoms with Gasteiger partial charge in [-0.2, -0.15) is 0 Å². The Morgan fingerprint density at radius 3 is 2.07 bits per heavy atom. The van der Waals surface area contributed by atoms with E-state index in [9.17, 15) is 18.0 Å². The van der Waals surface area contributed by atoms with Gasteiger partial charge in [-0.1, -0.05) is 68.3 Å². The summed E-state index contributed by atoms with van der Waals surface area (Å²) in [5.41, 5.74) is 3.20. The predicted molar refractivity (Wildman–Crippen MR) is 170 cm³/mol. The number of benzene rings is 3. The molecule has 0 spiro atoms. The topological polar surface area (TPSA) is 96.0 Å². The lowest BCUT2D eigenvalue weighted by Crippen LogP contribution is -2.52. The van der Waals surface area contributed by atoms with E-state index in [0.717, 1.165) is 21.0 Å². The monoisotopic (exact) mass is 657 g/mol. The molecule has 3 rings (SSSR count). The second-order valence-corrected chi connectivity index (χ2v) is 13.4. The average molecular weight is 659 g/mol. The molecule has 0 heterocycles. The van der Waals surface area contributed by atoms with Gasteiger partial charge in [0.1, 0.15) is 18.3 Å². The molecule has 0 aliphatic carbocycles. The van der Waals surface area contributed by atoms with Gasteiger partial charge < -0.3 is 15.0 Å². The lowest BCUT2D eigenvalue weighted by molar-refractivity contribution is -0.140. The maximum Gasteiger partial charge on any atom is 0.264 e. The maximum absolute atomic E-state index is 14.2. The molecule has 0 saturated heterocycles. The minimum absolute atomic E-state index is 0.00430. The molecule has 0 saturated carbocycles. The van der Waals surface area contributed by atoms with Crippen LogP contribution in [0.1, 0.15) is 43.9 Å². The Kier molecular flexibility index (Phi) is 11.6. The van der Waals surface area contributed by atoms with Crippen LogP contribution in [0.15, 0.2) is 76.1 Å². The van der Waals surface area contributed by atoms with Gasteiger partial charge in [-0.3, -0.25) is 13.9 Å². The summed E-state index contributed by atoms with van der Waals surface area (Å²) in [5.74, 6) is -0.0394. The molecular formula is C32H40BrN3O5S. The van der Waals surface area contributed by atoms with Crippen LogP contribution < -0.4 is 14.4 Å². The first-order valence-electron chi connectivity index (χ1n) is 13.9. The third-order valence-electron chi connectivity index (χ3n) is 6.86. The number of halogens is 1. The van der Waals surface area contributed by atoms with Crippen LogP contribution in [0.25, 0.3) is 0 Å². The SMILES string of the molecule is CC[C@H](C(=O)NCC(C)C)N(Cc1ccc(C)cc1)C(=O)CN(c1ccc(C)cc1)S(=O)(=O)c1ccc(OC)c(Br)c1. The summed E-state index contributed by atoms with van der Waals surface area (Å²) in [5, 5.41) is 2.95. The number of anilines is 1. The number of carbonyl (C=O) groups excluding carboxylic acids is 2. The highest BCUT2D eigenvalue weighted by Gasteiger charge is 2.34. The number of rotatable bonds is 13. The fraction of sp³-hybridized carbons (Fsp3) is 0.375. The molecule has 0 aliphatic rings. The summed E-state index contributed by atoms with van der Waals surface area (Å²) in [6.07, 6.45) is 0.365. The van der Waals surface area contributed by atoms with E-state index in [1.807, 2.05) is 58.9 Å². The first-order valence-corrected chi connectivity index (χ1v) is 16.2. The van der Waals surface area contributed by atoms with Gasteiger partial charge in [0.25, 0.3) is 10.0 Å². The molecule has 0 radical (unpaired) electrons. The molecule has 0 aromatic heterocycles. The van der Waals surface area contributed by atoms with Gasteiger partial charge in [-0.25, -0.2) is 8.42 Å². The van der Waals surface area contributed by atoms with Gasteiger partial charge in [0.2, 0.25) is 11.8 Å². The smallest absolute Gasteiger partial charge is 0.264 e. The van der Waals surface area contributed by atoms with Crippen LogP contribution in [0.3, 0.4) is 0 Å². The van der Waals surface area contributed by atoms with E-state index in [1.54, 1.807) is 30.3 Å². The standard InChI is InChI=1S/C32H40BrN3O5S/c1-7-29(32(38)34-19-22(2)3)35(20-25-12-8-23(4)9-13-25)31(37)21-36(26-14-10-24(5)11-15-26)42(39,40)27-16-17-30(41-6)28(33)18-27/h8-18,22,29H,7,19-21H2,1-6H3,(H,34,38)/t29-/m1/s1. The number of hydrogen-bond donors (Lipinski definition) is 1.